The van der Waals surface area contributed by atoms with E-state index in [2.05, 4.69) is 5.32 Å². The summed E-state index contributed by atoms with van der Waals surface area (Å²) in [4.78, 5) is 23.1. The molecule has 1 amide bonds. The molecule has 0 radical (unpaired) electrons. The zero-order valence-electron chi connectivity index (χ0n) is 12.6. The first kappa shape index (κ1) is 16.6. The summed E-state index contributed by atoms with van der Waals surface area (Å²) in [5, 5.41) is 11.6. The van der Waals surface area contributed by atoms with Gasteiger partial charge in [-0.15, -0.1) is 0 Å². The number of nitrogens with one attached hydrogen (secondary N) is 1. The van der Waals surface area contributed by atoms with Crippen molar-refractivity contribution < 1.29 is 28.9 Å². The van der Waals surface area contributed by atoms with E-state index in [1.165, 1.54) is 47.3 Å². The van der Waals surface area contributed by atoms with Crippen molar-refractivity contribution in [2.24, 2.45) is 5.41 Å². The number of rotatable bonds is 6. The maximum absolute atomic E-state index is 12.0. The van der Waals surface area contributed by atoms with E-state index < -0.39 is 17.3 Å². The number of ether oxygens (including phenoxy) is 3. The number of benzene rings is 1. The second kappa shape index (κ2) is 6.34. The van der Waals surface area contributed by atoms with Crippen LogP contribution in [-0.4, -0.2) is 38.3 Å². The molecule has 0 aliphatic heterocycles. The first-order valence-electron chi connectivity index (χ1n) is 6.12. The highest BCUT2D eigenvalue weighted by atomic mass is 16.5. The first-order chi connectivity index (χ1) is 9.77. The minimum absolute atomic E-state index is 0.351. The summed E-state index contributed by atoms with van der Waals surface area (Å²) in [6.07, 6.45) is 0. The van der Waals surface area contributed by atoms with E-state index in [0.717, 1.165) is 0 Å². The van der Waals surface area contributed by atoms with Crippen LogP contribution in [0.4, 0.5) is 5.69 Å². The molecule has 0 saturated carbocycles. The molecule has 0 atom stereocenters. The highest BCUT2D eigenvalue weighted by molar-refractivity contribution is 6.07. The van der Waals surface area contributed by atoms with Crippen LogP contribution < -0.4 is 19.5 Å². The van der Waals surface area contributed by atoms with Crippen molar-refractivity contribution in [2.45, 2.75) is 13.8 Å². The molecule has 2 N–H and O–H groups in total. The number of carbonyl (C=O) groups excluding carboxylic acids is 1. The molecule has 0 fully saturated rings. The Morgan fingerprint density at radius 1 is 1.05 bits per heavy atom. The predicted octanol–water partition coefficient (Wildman–Crippen LogP) is 1.76. The van der Waals surface area contributed by atoms with Gasteiger partial charge in [-0.05, 0) is 13.8 Å². The number of carbonyl (C=O) groups is 2. The number of carboxylic acids is 1. The van der Waals surface area contributed by atoms with Gasteiger partial charge in [0.05, 0.1) is 21.3 Å². The molecule has 0 heterocycles. The molecular weight excluding hydrogens is 278 g/mol. The Labute approximate surface area is 122 Å². The molecule has 21 heavy (non-hydrogen) atoms. The molecule has 1 rings (SSSR count). The molecule has 0 saturated heterocycles. The van der Waals surface area contributed by atoms with Gasteiger partial charge in [-0.1, -0.05) is 0 Å². The molecule has 0 aliphatic rings. The van der Waals surface area contributed by atoms with Gasteiger partial charge in [0.25, 0.3) is 0 Å². The van der Waals surface area contributed by atoms with E-state index in [-0.39, 0.29) is 0 Å². The molecule has 116 valence electrons. The van der Waals surface area contributed by atoms with E-state index in [0.29, 0.717) is 22.9 Å². The first-order valence-corrected chi connectivity index (χ1v) is 6.12. The number of carboxylic acid groups (broad SMARTS) is 1. The fraction of sp³-hybridized carbons (Fsp3) is 0.429. The lowest BCUT2D eigenvalue weighted by Crippen LogP contribution is -2.37. The monoisotopic (exact) mass is 297 g/mol. The van der Waals surface area contributed by atoms with Gasteiger partial charge >= 0.3 is 5.97 Å². The van der Waals surface area contributed by atoms with Crippen LogP contribution in [0.3, 0.4) is 0 Å². The summed E-state index contributed by atoms with van der Waals surface area (Å²) < 4.78 is 15.5. The molecule has 1 aromatic carbocycles. The van der Waals surface area contributed by atoms with Gasteiger partial charge < -0.3 is 24.6 Å². The van der Waals surface area contributed by atoms with E-state index in [1.54, 1.807) is 0 Å². The smallest absolute Gasteiger partial charge is 0.318 e. The van der Waals surface area contributed by atoms with Crippen LogP contribution in [0.2, 0.25) is 0 Å². The SMILES string of the molecule is COc1cc(NC(=O)C(C)(C)C(=O)O)cc(OC)c1OC. The van der Waals surface area contributed by atoms with Crippen molar-refractivity contribution in [2.75, 3.05) is 26.6 Å². The second-order valence-electron chi connectivity index (χ2n) is 4.80. The van der Waals surface area contributed by atoms with Gasteiger partial charge in [0, 0.05) is 17.8 Å². The van der Waals surface area contributed by atoms with E-state index >= 15 is 0 Å². The Morgan fingerprint density at radius 2 is 1.52 bits per heavy atom. The zero-order chi connectivity index (χ0) is 16.2. The quantitative estimate of drug-likeness (QED) is 0.777. The Bertz CT molecular complexity index is 527. The highest BCUT2D eigenvalue weighted by Crippen LogP contribution is 2.40. The number of hydrogen-bond donors (Lipinski definition) is 2. The van der Waals surface area contributed by atoms with Crippen molar-refractivity contribution in [3.63, 3.8) is 0 Å². The van der Waals surface area contributed by atoms with Gasteiger partial charge in [0.2, 0.25) is 11.7 Å². The number of hydrogen-bond acceptors (Lipinski definition) is 5. The van der Waals surface area contributed by atoms with Crippen LogP contribution in [-0.2, 0) is 9.59 Å². The van der Waals surface area contributed by atoms with Crippen LogP contribution in [0, 0.1) is 5.41 Å². The van der Waals surface area contributed by atoms with Crippen LogP contribution in [0.5, 0.6) is 17.2 Å². The van der Waals surface area contributed by atoms with Crippen molar-refractivity contribution in [3.8, 4) is 17.2 Å². The van der Waals surface area contributed by atoms with Crippen molar-refractivity contribution in [1.29, 1.82) is 0 Å². The Morgan fingerprint density at radius 3 is 1.86 bits per heavy atom. The maximum Gasteiger partial charge on any atom is 0.318 e. The standard InChI is InChI=1S/C14H19NO6/c1-14(2,13(17)18)12(16)15-8-6-9(19-3)11(21-5)10(7-8)20-4/h6-7H,1-5H3,(H,15,16)(H,17,18). The highest BCUT2D eigenvalue weighted by Gasteiger charge is 2.36. The Kier molecular flexibility index (Phi) is 5.02. The molecule has 0 bridgehead atoms. The molecule has 1 aromatic rings. The molecule has 7 heteroatoms. The van der Waals surface area contributed by atoms with Gasteiger partial charge in [-0.2, -0.15) is 0 Å². The third-order valence-electron chi connectivity index (χ3n) is 3.02. The fourth-order valence-electron chi connectivity index (χ4n) is 1.54. The van der Waals surface area contributed by atoms with Gasteiger partial charge in [-0.3, -0.25) is 9.59 Å². The summed E-state index contributed by atoms with van der Waals surface area (Å²) in [5.41, 5.74) is -1.20. The third-order valence-corrected chi connectivity index (χ3v) is 3.02. The van der Waals surface area contributed by atoms with Gasteiger partial charge in [0.15, 0.2) is 11.5 Å². The Balaban J connectivity index is 3.15. The summed E-state index contributed by atoms with van der Waals surface area (Å²) in [6, 6.07) is 3.05. The van der Waals surface area contributed by atoms with Crippen LogP contribution >= 0.6 is 0 Å². The van der Waals surface area contributed by atoms with Crippen LogP contribution in [0.25, 0.3) is 0 Å². The van der Waals surface area contributed by atoms with Crippen LogP contribution in [0.15, 0.2) is 12.1 Å². The van der Waals surface area contributed by atoms with Crippen molar-refractivity contribution in [3.05, 3.63) is 12.1 Å². The van der Waals surface area contributed by atoms with Crippen molar-refractivity contribution >= 4 is 17.6 Å². The minimum Gasteiger partial charge on any atom is -0.493 e. The molecule has 0 spiro atoms. The molecule has 0 aromatic heterocycles. The number of amides is 1. The number of aliphatic carboxylic acids is 1. The minimum atomic E-state index is -1.56. The third kappa shape index (κ3) is 3.36. The lowest BCUT2D eigenvalue weighted by atomic mass is 9.92. The largest absolute Gasteiger partial charge is 0.493 e. The number of methoxy groups -OCH3 is 3. The molecular formula is C14H19NO6. The zero-order valence-corrected chi connectivity index (χ0v) is 12.6. The molecule has 0 aliphatic carbocycles. The second-order valence-corrected chi connectivity index (χ2v) is 4.80. The van der Waals surface area contributed by atoms with Gasteiger partial charge in [0.1, 0.15) is 5.41 Å². The predicted molar refractivity (Wildman–Crippen MR) is 76.1 cm³/mol. The topological polar surface area (TPSA) is 94.1 Å². The van der Waals surface area contributed by atoms with E-state index in [1.807, 2.05) is 0 Å². The average molecular weight is 297 g/mol. The summed E-state index contributed by atoms with van der Waals surface area (Å²) in [6.45, 7) is 2.64. The lowest BCUT2D eigenvalue weighted by molar-refractivity contribution is -0.151. The Hall–Kier alpha value is -2.44. The normalized spacial score (nSPS) is 10.7. The summed E-state index contributed by atoms with van der Waals surface area (Å²) in [5.74, 6) is -0.757. The summed E-state index contributed by atoms with van der Waals surface area (Å²) >= 11 is 0. The maximum atomic E-state index is 12.0. The van der Waals surface area contributed by atoms with Crippen LogP contribution in [0.1, 0.15) is 13.8 Å². The van der Waals surface area contributed by atoms with E-state index in [9.17, 15) is 9.59 Å². The van der Waals surface area contributed by atoms with Crippen molar-refractivity contribution in [1.82, 2.24) is 0 Å². The molecule has 7 nitrogen and oxygen atoms in total. The fourth-order valence-corrected chi connectivity index (χ4v) is 1.54. The van der Waals surface area contributed by atoms with Gasteiger partial charge in [-0.25, -0.2) is 0 Å². The molecule has 0 unspecified atom stereocenters. The lowest BCUT2D eigenvalue weighted by Gasteiger charge is -2.20. The van der Waals surface area contributed by atoms with E-state index in [4.69, 9.17) is 19.3 Å². The summed E-state index contributed by atoms with van der Waals surface area (Å²) in [7, 11) is 4.36. The average Bonchev–Trinajstić information content (AvgIpc) is 2.45. The number of anilines is 1.